The summed E-state index contributed by atoms with van der Waals surface area (Å²) in [6, 6.07) is 14.5. The number of hydrogen-bond acceptors (Lipinski definition) is 2. The van der Waals surface area contributed by atoms with Crippen molar-refractivity contribution in [1.29, 1.82) is 5.26 Å². The highest BCUT2D eigenvalue weighted by molar-refractivity contribution is 9.10. The number of nitriles is 1. The Bertz CT molecular complexity index is 737. The predicted octanol–water partition coefficient (Wildman–Crippen LogP) is 4.87. The molecule has 0 heterocycles. The first kappa shape index (κ1) is 16.3. The fraction of sp³-hybridized carbons (Fsp3) is 0.222. The molecule has 112 valence electrons. The van der Waals surface area contributed by atoms with Gasteiger partial charge < -0.3 is 5.32 Å². The van der Waals surface area contributed by atoms with Crippen molar-refractivity contribution in [3.05, 3.63) is 63.6 Å². The Kier molecular flexibility index (Phi) is 4.68. The number of carbonyl (C=O) groups excluding carboxylic acids is 1. The highest BCUT2D eigenvalue weighted by atomic mass is 79.9. The van der Waals surface area contributed by atoms with E-state index in [1.54, 1.807) is 24.3 Å². The van der Waals surface area contributed by atoms with Crippen LogP contribution in [0.15, 0.2) is 46.9 Å². The summed E-state index contributed by atoms with van der Waals surface area (Å²) in [5.74, 6) is -0.175. The van der Waals surface area contributed by atoms with Crippen LogP contribution in [0.3, 0.4) is 0 Å². The molecule has 1 N–H and O–H groups in total. The van der Waals surface area contributed by atoms with Crippen LogP contribution in [-0.4, -0.2) is 5.91 Å². The van der Waals surface area contributed by atoms with Crippen molar-refractivity contribution in [3.8, 4) is 6.07 Å². The lowest BCUT2D eigenvalue weighted by atomic mass is 9.86. The molecule has 0 atom stereocenters. The Morgan fingerprint density at radius 3 is 2.27 bits per heavy atom. The van der Waals surface area contributed by atoms with Gasteiger partial charge in [-0.05, 0) is 47.4 Å². The Balaban J connectivity index is 2.19. The monoisotopic (exact) mass is 356 g/mol. The predicted molar refractivity (Wildman–Crippen MR) is 92.0 cm³/mol. The molecule has 3 nitrogen and oxygen atoms in total. The average Bonchev–Trinajstić information content (AvgIpc) is 2.46. The number of anilines is 1. The lowest BCUT2D eigenvalue weighted by Gasteiger charge is -2.21. The first-order chi connectivity index (χ1) is 10.3. The number of nitrogens with one attached hydrogen (secondary N) is 1. The molecule has 0 radical (unpaired) electrons. The van der Waals surface area contributed by atoms with Crippen LogP contribution in [0.4, 0.5) is 5.69 Å². The van der Waals surface area contributed by atoms with Gasteiger partial charge in [0.1, 0.15) is 0 Å². The Hall–Kier alpha value is -2.12. The minimum absolute atomic E-state index is 0.0148. The number of halogens is 1. The summed E-state index contributed by atoms with van der Waals surface area (Å²) in [5.41, 5.74) is 2.99. The molecule has 4 heteroatoms. The number of hydrogen-bond donors (Lipinski definition) is 1. The van der Waals surface area contributed by atoms with Gasteiger partial charge in [-0.25, -0.2) is 0 Å². The SMILES string of the molecule is CC(C)(C)c1ccc(C(=O)Nc2ccc(C#N)cc2)cc1Br. The molecule has 0 spiro atoms. The van der Waals surface area contributed by atoms with Crippen LogP contribution in [0.2, 0.25) is 0 Å². The van der Waals surface area contributed by atoms with Gasteiger partial charge in [0.15, 0.2) is 0 Å². The average molecular weight is 357 g/mol. The minimum atomic E-state index is -0.175. The van der Waals surface area contributed by atoms with E-state index in [9.17, 15) is 4.79 Å². The van der Waals surface area contributed by atoms with E-state index in [0.717, 1.165) is 10.0 Å². The first-order valence-corrected chi connectivity index (χ1v) is 7.72. The summed E-state index contributed by atoms with van der Waals surface area (Å²) < 4.78 is 0.924. The lowest BCUT2D eigenvalue weighted by molar-refractivity contribution is 0.102. The van der Waals surface area contributed by atoms with E-state index in [0.29, 0.717) is 16.8 Å². The quantitative estimate of drug-likeness (QED) is 0.834. The fourth-order valence-corrected chi connectivity index (χ4v) is 3.07. The highest BCUT2D eigenvalue weighted by Crippen LogP contribution is 2.30. The van der Waals surface area contributed by atoms with Crippen LogP contribution in [0, 0.1) is 11.3 Å². The van der Waals surface area contributed by atoms with Gasteiger partial charge in [0.05, 0.1) is 11.6 Å². The zero-order valence-corrected chi connectivity index (χ0v) is 14.4. The van der Waals surface area contributed by atoms with Crippen molar-refractivity contribution < 1.29 is 4.79 Å². The van der Waals surface area contributed by atoms with Crippen LogP contribution in [0.5, 0.6) is 0 Å². The van der Waals surface area contributed by atoms with Crippen molar-refractivity contribution in [2.45, 2.75) is 26.2 Å². The standard InChI is InChI=1S/C18H17BrN2O/c1-18(2,3)15-9-6-13(10-16(15)19)17(22)21-14-7-4-12(11-20)5-8-14/h4-10H,1-3H3,(H,21,22). The van der Waals surface area contributed by atoms with Crippen molar-refractivity contribution in [1.82, 2.24) is 0 Å². The van der Waals surface area contributed by atoms with Crippen LogP contribution < -0.4 is 5.32 Å². The third-order valence-electron chi connectivity index (χ3n) is 3.31. The smallest absolute Gasteiger partial charge is 0.255 e. The van der Waals surface area contributed by atoms with Gasteiger partial charge in [0.25, 0.3) is 5.91 Å². The summed E-state index contributed by atoms with van der Waals surface area (Å²) in [5, 5.41) is 11.6. The normalized spacial score (nSPS) is 10.9. The Morgan fingerprint density at radius 1 is 1.14 bits per heavy atom. The molecule has 0 aliphatic rings. The number of benzene rings is 2. The maximum atomic E-state index is 12.3. The van der Waals surface area contributed by atoms with Crippen LogP contribution in [-0.2, 0) is 5.41 Å². The minimum Gasteiger partial charge on any atom is -0.322 e. The third kappa shape index (κ3) is 3.75. The summed E-state index contributed by atoms with van der Waals surface area (Å²) in [4.78, 5) is 12.3. The summed E-state index contributed by atoms with van der Waals surface area (Å²) >= 11 is 3.54. The lowest BCUT2D eigenvalue weighted by Crippen LogP contribution is -2.15. The largest absolute Gasteiger partial charge is 0.322 e. The van der Waals surface area contributed by atoms with E-state index >= 15 is 0 Å². The van der Waals surface area contributed by atoms with Crippen molar-refractivity contribution in [3.63, 3.8) is 0 Å². The van der Waals surface area contributed by atoms with Crippen molar-refractivity contribution in [2.24, 2.45) is 0 Å². The zero-order valence-electron chi connectivity index (χ0n) is 12.8. The summed E-state index contributed by atoms with van der Waals surface area (Å²) in [6.45, 7) is 6.39. The third-order valence-corrected chi connectivity index (χ3v) is 3.97. The molecule has 0 unspecified atom stereocenters. The number of carbonyl (C=O) groups is 1. The highest BCUT2D eigenvalue weighted by Gasteiger charge is 2.18. The zero-order chi connectivity index (χ0) is 16.3. The Labute approximate surface area is 139 Å². The molecular formula is C18H17BrN2O. The molecule has 2 aromatic rings. The Morgan fingerprint density at radius 2 is 1.77 bits per heavy atom. The first-order valence-electron chi connectivity index (χ1n) is 6.93. The van der Waals surface area contributed by atoms with Crippen LogP contribution in [0.1, 0.15) is 42.3 Å². The second-order valence-corrected chi connectivity index (χ2v) is 6.94. The molecular weight excluding hydrogens is 340 g/mol. The maximum absolute atomic E-state index is 12.3. The van der Waals surface area contributed by atoms with Gasteiger partial charge in [-0.3, -0.25) is 4.79 Å². The molecule has 0 fully saturated rings. The van der Waals surface area contributed by atoms with E-state index in [4.69, 9.17) is 5.26 Å². The van der Waals surface area contributed by atoms with Crippen LogP contribution in [0.25, 0.3) is 0 Å². The van der Waals surface area contributed by atoms with E-state index in [-0.39, 0.29) is 11.3 Å². The molecule has 0 aliphatic heterocycles. The second kappa shape index (κ2) is 6.33. The van der Waals surface area contributed by atoms with E-state index in [2.05, 4.69) is 42.0 Å². The van der Waals surface area contributed by atoms with Gasteiger partial charge >= 0.3 is 0 Å². The molecule has 2 aromatic carbocycles. The van der Waals surface area contributed by atoms with E-state index < -0.39 is 0 Å². The molecule has 22 heavy (non-hydrogen) atoms. The van der Waals surface area contributed by atoms with Gasteiger partial charge in [0.2, 0.25) is 0 Å². The molecule has 0 bridgehead atoms. The molecule has 2 rings (SSSR count). The van der Waals surface area contributed by atoms with Crippen molar-refractivity contribution in [2.75, 3.05) is 5.32 Å². The van der Waals surface area contributed by atoms with E-state index in [1.807, 2.05) is 24.3 Å². The summed E-state index contributed by atoms with van der Waals surface area (Å²) in [6.07, 6.45) is 0. The number of nitrogens with zero attached hydrogens (tertiary/aromatic N) is 1. The fourth-order valence-electron chi connectivity index (χ4n) is 2.10. The molecule has 0 saturated carbocycles. The van der Waals surface area contributed by atoms with Gasteiger partial charge in [-0.1, -0.05) is 42.8 Å². The van der Waals surface area contributed by atoms with Gasteiger partial charge in [0, 0.05) is 15.7 Å². The van der Waals surface area contributed by atoms with Gasteiger partial charge in [-0.2, -0.15) is 5.26 Å². The number of rotatable bonds is 2. The van der Waals surface area contributed by atoms with Crippen LogP contribution >= 0.6 is 15.9 Å². The second-order valence-electron chi connectivity index (χ2n) is 6.09. The molecule has 0 saturated heterocycles. The molecule has 0 aromatic heterocycles. The summed E-state index contributed by atoms with van der Waals surface area (Å²) in [7, 11) is 0. The van der Waals surface area contributed by atoms with E-state index in [1.165, 1.54) is 0 Å². The van der Waals surface area contributed by atoms with Gasteiger partial charge in [-0.15, -0.1) is 0 Å². The topological polar surface area (TPSA) is 52.9 Å². The molecule has 1 amide bonds. The van der Waals surface area contributed by atoms with Crippen molar-refractivity contribution >= 4 is 27.5 Å². The maximum Gasteiger partial charge on any atom is 0.255 e. The molecule has 0 aliphatic carbocycles. The number of amides is 1.